The van der Waals surface area contributed by atoms with E-state index in [-0.39, 0.29) is 11.4 Å². The third-order valence-electron chi connectivity index (χ3n) is 2.49. The van der Waals surface area contributed by atoms with Gasteiger partial charge in [-0.3, -0.25) is 9.78 Å². The summed E-state index contributed by atoms with van der Waals surface area (Å²) in [5.41, 5.74) is 0.650. The van der Waals surface area contributed by atoms with E-state index < -0.39 is 0 Å². The zero-order valence-corrected chi connectivity index (χ0v) is 10.9. The molecule has 2 rings (SSSR count). The summed E-state index contributed by atoms with van der Waals surface area (Å²) in [5, 5.41) is 0.971. The molecule has 0 amide bonds. The van der Waals surface area contributed by atoms with Gasteiger partial charge in [0.25, 0.3) is 0 Å². The summed E-state index contributed by atoms with van der Waals surface area (Å²) in [4.78, 5) is 16.1. The fourth-order valence-corrected chi connectivity index (χ4v) is 1.75. The van der Waals surface area contributed by atoms with Crippen molar-refractivity contribution in [2.45, 2.75) is 27.2 Å². The maximum Gasteiger partial charge on any atom is 0.311 e. The van der Waals surface area contributed by atoms with Crippen LogP contribution in [-0.2, 0) is 4.79 Å². The molecule has 18 heavy (non-hydrogen) atoms. The largest absolute Gasteiger partial charge is 0.424 e. The van der Waals surface area contributed by atoms with E-state index in [4.69, 9.17) is 4.74 Å². The maximum absolute atomic E-state index is 11.8. The number of aromatic nitrogens is 1. The number of hydrogen-bond acceptors (Lipinski definition) is 3. The Bertz CT molecular complexity index is 565. The highest BCUT2D eigenvalue weighted by atomic mass is 16.5. The predicted molar refractivity (Wildman–Crippen MR) is 71.5 cm³/mol. The van der Waals surface area contributed by atoms with Crippen LogP contribution >= 0.6 is 0 Å². The number of carbonyl (C=O) groups excluding carboxylic acids is 1. The Morgan fingerprint density at radius 3 is 2.67 bits per heavy atom. The molecule has 0 saturated heterocycles. The van der Waals surface area contributed by atoms with Crippen molar-refractivity contribution in [3.8, 4) is 5.75 Å². The van der Waals surface area contributed by atoms with Gasteiger partial charge in [0.05, 0.1) is 6.42 Å². The van der Waals surface area contributed by atoms with Crippen molar-refractivity contribution >= 4 is 16.9 Å². The van der Waals surface area contributed by atoms with E-state index in [1.54, 1.807) is 12.3 Å². The first kappa shape index (κ1) is 12.6. The lowest BCUT2D eigenvalue weighted by atomic mass is 9.92. The van der Waals surface area contributed by atoms with Gasteiger partial charge >= 0.3 is 5.97 Å². The molecule has 0 aliphatic rings. The van der Waals surface area contributed by atoms with Crippen molar-refractivity contribution in [3.05, 3.63) is 36.5 Å². The number of carbonyl (C=O) groups is 1. The lowest BCUT2D eigenvalue weighted by molar-refractivity contribution is -0.136. The Morgan fingerprint density at radius 2 is 1.94 bits per heavy atom. The maximum atomic E-state index is 11.8. The summed E-state index contributed by atoms with van der Waals surface area (Å²) in [6.45, 7) is 6.03. The first-order valence-corrected chi connectivity index (χ1v) is 6.00. The zero-order chi connectivity index (χ0) is 13.2. The molecule has 0 unspecified atom stereocenters. The minimum absolute atomic E-state index is 0.0743. The van der Waals surface area contributed by atoms with Crippen LogP contribution in [0, 0.1) is 5.41 Å². The van der Waals surface area contributed by atoms with E-state index in [1.165, 1.54) is 0 Å². The topological polar surface area (TPSA) is 39.2 Å². The molecule has 94 valence electrons. The molecule has 3 nitrogen and oxygen atoms in total. The summed E-state index contributed by atoms with van der Waals surface area (Å²) in [6.07, 6.45) is 2.08. The molecule has 1 aromatic heterocycles. The minimum Gasteiger partial charge on any atom is -0.424 e. The number of para-hydroxylation sites is 1. The van der Waals surface area contributed by atoms with Crippen LogP contribution in [0.5, 0.6) is 5.75 Å². The predicted octanol–water partition coefficient (Wildman–Crippen LogP) is 3.58. The van der Waals surface area contributed by atoms with Crippen molar-refractivity contribution in [1.29, 1.82) is 0 Å². The molecule has 0 spiro atoms. The van der Waals surface area contributed by atoms with E-state index in [1.807, 2.05) is 45.0 Å². The molecule has 3 heteroatoms. The minimum atomic E-state index is -0.222. The molecule has 0 atom stereocenters. The van der Waals surface area contributed by atoms with Gasteiger partial charge in [0.2, 0.25) is 0 Å². The monoisotopic (exact) mass is 243 g/mol. The quantitative estimate of drug-likeness (QED) is 0.598. The van der Waals surface area contributed by atoms with Gasteiger partial charge < -0.3 is 4.74 Å². The molecule has 0 fully saturated rings. The molecular weight excluding hydrogens is 226 g/mol. The smallest absolute Gasteiger partial charge is 0.311 e. The average molecular weight is 243 g/mol. The number of hydrogen-bond donors (Lipinski definition) is 0. The number of benzene rings is 1. The van der Waals surface area contributed by atoms with Gasteiger partial charge in [0.15, 0.2) is 5.75 Å². The molecular formula is C15H17NO2. The van der Waals surface area contributed by atoms with Crippen LogP contribution in [-0.4, -0.2) is 11.0 Å². The number of fused-ring (bicyclic) bond motifs is 1. The summed E-state index contributed by atoms with van der Waals surface area (Å²) in [5.74, 6) is 0.308. The van der Waals surface area contributed by atoms with Gasteiger partial charge in [-0.15, -0.1) is 0 Å². The second-order valence-corrected chi connectivity index (χ2v) is 5.54. The van der Waals surface area contributed by atoms with Crippen LogP contribution < -0.4 is 4.74 Å². The molecule has 0 N–H and O–H groups in total. The Hall–Kier alpha value is -1.90. The van der Waals surface area contributed by atoms with E-state index in [0.29, 0.717) is 12.2 Å². The molecule has 0 radical (unpaired) electrons. The number of ether oxygens (including phenoxy) is 1. The van der Waals surface area contributed by atoms with Crippen LogP contribution in [0.1, 0.15) is 27.2 Å². The first-order chi connectivity index (χ1) is 8.46. The van der Waals surface area contributed by atoms with Crippen LogP contribution in [0.25, 0.3) is 10.9 Å². The molecule has 0 aliphatic heterocycles. The number of rotatable bonds is 2. The van der Waals surface area contributed by atoms with Crippen LogP contribution in [0.15, 0.2) is 36.5 Å². The highest BCUT2D eigenvalue weighted by molar-refractivity contribution is 5.87. The molecule has 0 saturated carbocycles. The van der Waals surface area contributed by atoms with Gasteiger partial charge in [-0.1, -0.05) is 39.0 Å². The Labute approximate surface area is 107 Å². The normalized spacial score (nSPS) is 11.5. The lowest BCUT2D eigenvalue weighted by Gasteiger charge is -2.16. The SMILES string of the molecule is CC(C)(C)CC(=O)Oc1cccc2cccnc12. The van der Waals surface area contributed by atoms with Crippen molar-refractivity contribution < 1.29 is 9.53 Å². The van der Waals surface area contributed by atoms with Gasteiger partial charge in [0, 0.05) is 11.6 Å². The summed E-state index contributed by atoms with van der Waals surface area (Å²) < 4.78 is 5.40. The highest BCUT2D eigenvalue weighted by Crippen LogP contribution is 2.25. The lowest BCUT2D eigenvalue weighted by Crippen LogP contribution is -2.17. The van der Waals surface area contributed by atoms with Crippen LogP contribution in [0.2, 0.25) is 0 Å². The van der Waals surface area contributed by atoms with Crippen molar-refractivity contribution in [1.82, 2.24) is 4.98 Å². The molecule has 2 aromatic rings. The van der Waals surface area contributed by atoms with Crippen molar-refractivity contribution in [2.75, 3.05) is 0 Å². The third-order valence-corrected chi connectivity index (χ3v) is 2.49. The van der Waals surface area contributed by atoms with Crippen LogP contribution in [0.4, 0.5) is 0 Å². The Morgan fingerprint density at radius 1 is 1.22 bits per heavy atom. The summed E-state index contributed by atoms with van der Waals surface area (Å²) in [6, 6.07) is 9.40. The molecule has 1 heterocycles. The van der Waals surface area contributed by atoms with Gasteiger partial charge in [-0.2, -0.15) is 0 Å². The van der Waals surface area contributed by atoms with Crippen molar-refractivity contribution in [3.63, 3.8) is 0 Å². The highest BCUT2D eigenvalue weighted by Gasteiger charge is 2.18. The number of pyridine rings is 1. The summed E-state index contributed by atoms with van der Waals surface area (Å²) in [7, 11) is 0. The van der Waals surface area contributed by atoms with E-state index in [0.717, 1.165) is 10.9 Å². The van der Waals surface area contributed by atoms with Gasteiger partial charge in [0.1, 0.15) is 5.52 Å². The van der Waals surface area contributed by atoms with Crippen LogP contribution in [0.3, 0.4) is 0 Å². The van der Waals surface area contributed by atoms with E-state index in [2.05, 4.69) is 4.98 Å². The second-order valence-electron chi connectivity index (χ2n) is 5.54. The summed E-state index contributed by atoms with van der Waals surface area (Å²) >= 11 is 0. The Kier molecular flexibility index (Phi) is 3.32. The fraction of sp³-hybridized carbons (Fsp3) is 0.333. The number of nitrogens with zero attached hydrogens (tertiary/aromatic N) is 1. The third kappa shape index (κ3) is 3.06. The van der Waals surface area contributed by atoms with E-state index in [9.17, 15) is 4.79 Å². The molecule has 0 aliphatic carbocycles. The first-order valence-electron chi connectivity index (χ1n) is 6.00. The molecule has 0 bridgehead atoms. The standard InChI is InChI=1S/C15H17NO2/c1-15(2,3)10-13(17)18-12-8-4-6-11-7-5-9-16-14(11)12/h4-9H,10H2,1-3H3. The second kappa shape index (κ2) is 4.77. The zero-order valence-electron chi connectivity index (χ0n) is 10.9. The van der Waals surface area contributed by atoms with Gasteiger partial charge in [-0.25, -0.2) is 0 Å². The van der Waals surface area contributed by atoms with E-state index >= 15 is 0 Å². The number of esters is 1. The average Bonchev–Trinajstić information content (AvgIpc) is 2.27. The Balaban J connectivity index is 2.24. The fourth-order valence-electron chi connectivity index (χ4n) is 1.75. The van der Waals surface area contributed by atoms with Gasteiger partial charge in [-0.05, 0) is 17.5 Å². The van der Waals surface area contributed by atoms with Crippen molar-refractivity contribution in [2.24, 2.45) is 5.41 Å². The molecule has 1 aromatic carbocycles.